The van der Waals surface area contributed by atoms with Gasteiger partial charge in [0.2, 0.25) is 0 Å². The largest absolute Gasteiger partial charge is 0.343 e. The highest BCUT2D eigenvalue weighted by Crippen LogP contribution is 2.58. The zero-order valence-electron chi connectivity index (χ0n) is 9.77. The second-order valence-corrected chi connectivity index (χ2v) is 6.54. The third kappa shape index (κ3) is 5.21. The first kappa shape index (κ1) is 15.2. The summed E-state index contributed by atoms with van der Waals surface area (Å²) in [5.74, 6) is 0. The fraction of sp³-hybridized carbons (Fsp3) is 0.800. The Morgan fingerprint density at radius 2 is 1.93 bits per heavy atom. The summed E-state index contributed by atoms with van der Waals surface area (Å²) in [5.41, 5.74) is 0. The highest BCUT2D eigenvalue weighted by Gasteiger charge is 2.34. The van der Waals surface area contributed by atoms with Crippen molar-refractivity contribution in [3.63, 3.8) is 0 Å². The van der Waals surface area contributed by atoms with Gasteiger partial charge in [0.05, 0.1) is 13.2 Å². The van der Waals surface area contributed by atoms with Crippen LogP contribution in [0.25, 0.3) is 0 Å². The van der Waals surface area contributed by atoms with Crippen molar-refractivity contribution >= 4 is 19.4 Å². The average Bonchev–Trinajstić information content (AvgIpc) is 2.19. The second-order valence-electron chi connectivity index (χ2n) is 2.93. The lowest BCUT2D eigenvalue weighted by Gasteiger charge is -2.24. The van der Waals surface area contributed by atoms with Gasteiger partial charge in [-0.25, -0.2) is 0 Å². The summed E-state index contributed by atoms with van der Waals surface area (Å²) in [4.78, 5) is -0.0876. The van der Waals surface area contributed by atoms with Crippen molar-refractivity contribution in [2.24, 2.45) is 0 Å². The van der Waals surface area contributed by atoms with Crippen LogP contribution in [0.3, 0.4) is 0 Å². The fourth-order valence-corrected chi connectivity index (χ4v) is 4.59. The van der Waals surface area contributed by atoms with Crippen LogP contribution >= 0.6 is 19.4 Å². The lowest BCUT2D eigenvalue weighted by molar-refractivity contribution is 0.217. The van der Waals surface area contributed by atoms with E-state index >= 15 is 0 Å². The van der Waals surface area contributed by atoms with Crippen molar-refractivity contribution in [1.29, 1.82) is 0 Å². The number of rotatable bonds is 9. The van der Waals surface area contributed by atoms with Crippen LogP contribution in [0.5, 0.6) is 0 Å². The minimum atomic E-state index is -2.94. The van der Waals surface area contributed by atoms with Gasteiger partial charge in [-0.1, -0.05) is 6.08 Å². The summed E-state index contributed by atoms with van der Waals surface area (Å²) in [7, 11) is -2.94. The Balaban J connectivity index is 4.52. The molecule has 0 bridgehead atoms. The molecule has 0 aliphatic heterocycles. The molecule has 5 heteroatoms. The summed E-state index contributed by atoms with van der Waals surface area (Å²) in [5, 5.41) is 0. The summed E-state index contributed by atoms with van der Waals surface area (Å²) in [6.45, 7) is 8.16. The van der Waals surface area contributed by atoms with Crippen molar-refractivity contribution in [1.82, 2.24) is 0 Å². The lowest BCUT2D eigenvalue weighted by atomic mass is 10.3. The monoisotopic (exact) mass is 252 g/mol. The molecular formula is C10H21O3PS. The fourth-order valence-electron chi connectivity index (χ4n) is 1.23. The molecule has 0 amide bonds. The maximum absolute atomic E-state index is 12.4. The first-order valence-corrected chi connectivity index (χ1v) is 8.07. The zero-order valence-corrected chi connectivity index (χ0v) is 11.5. The minimum absolute atomic E-state index is 0.0876. The molecule has 15 heavy (non-hydrogen) atoms. The van der Waals surface area contributed by atoms with Gasteiger partial charge >= 0.3 is 7.60 Å². The van der Waals surface area contributed by atoms with Gasteiger partial charge < -0.3 is 9.05 Å². The van der Waals surface area contributed by atoms with E-state index < -0.39 is 7.60 Å². The Labute approximate surface area is 97.1 Å². The van der Waals surface area contributed by atoms with Gasteiger partial charge in [0.15, 0.2) is 0 Å². The van der Waals surface area contributed by atoms with Crippen molar-refractivity contribution in [2.75, 3.05) is 19.5 Å². The number of hydrogen-bond donors (Lipinski definition) is 0. The van der Waals surface area contributed by atoms with Crippen molar-refractivity contribution < 1.29 is 13.6 Å². The topological polar surface area (TPSA) is 35.5 Å². The average molecular weight is 252 g/mol. The molecule has 0 spiro atoms. The van der Waals surface area contributed by atoms with Gasteiger partial charge in [0.1, 0.15) is 4.99 Å². The Morgan fingerprint density at radius 1 is 1.40 bits per heavy atom. The Hall–Kier alpha value is 0.240. The second kappa shape index (κ2) is 8.40. The van der Waals surface area contributed by atoms with Crippen LogP contribution in [0, 0.1) is 0 Å². The van der Waals surface area contributed by atoms with E-state index in [0.29, 0.717) is 13.2 Å². The molecule has 0 aromatic carbocycles. The third-order valence-corrected chi connectivity index (χ3v) is 6.25. The van der Waals surface area contributed by atoms with E-state index in [9.17, 15) is 4.57 Å². The Kier molecular flexibility index (Phi) is 8.53. The maximum atomic E-state index is 12.4. The van der Waals surface area contributed by atoms with E-state index in [0.717, 1.165) is 12.8 Å². The van der Waals surface area contributed by atoms with Crippen molar-refractivity contribution in [2.45, 2.75) is 31.7 Å². The summed E-state index contributed by atoms with van der Waals surface area (Å²) < 4.78 is 22.9. The van der Waals surface area contributed by atoms with Crippen LogP contribution in [0.4, 0.5) is 0 Å². The molecule has 0 rings (SSSR count). The summed E-state index contributed by atoms with van der Waals surface area (Å²) >= 11 is 1.54. The molecule has 0 saturated heterocycles. The zero-order chi connectivity index (χ0) is 11.7. The normalized spacial score (nSPS) is 13.8. The molecule has 0 fully saturated rings. The molecule has 0 saturated carbocycles. The van der Waals surface area contributed by atoms with Crippen LogP contribution in [-0.4, -0.2) is 24.5 Å². The molecule has 0 aliphatic carbocycles. The van der Waals surface area contributed by atoms with E-state index in [-0.39, 0.29) is 4.99 Å². The van der Waals surface area contributed by atoms with Gasteiger partial charge in [-0.15, -0.1) is 18.3 Å². The van der Waals surface area contributed by atoms with E-state index in [2.05, 4.69) is 6.58 Å². The highest BCUT2D eigenvalue weighted by molar-refractivity contribution is 8.04. The Morgan fingerprint density at radius 3 is 2.27 bits per heavy atom. The van der Waals surface area contributed by atoms with Gasteiger partial charge in [-0.2, -0.15) is 0 Å². The van der Waals surface area contributed by atoms with Crippen molar-refractivity contribution in [3.05, 3.63) is 12.7 Å². The van der Waals surface area contributed by atoms with E-state index in [4.69, 9.17) is 9.05 Å². The summed E-state index contributed by atoms with van der Waals surface area (Å²) in [6.07, 6.45) is 5.36. The SMILES string of the molecule is C=CCCC(SC)P(=O)(OCC)OCC. The third-order valence-electron chi connectivity index (χ3n) is 1.86. The lowest BCUT2D eigenvalue weighted by Crippen LogP contribution is -2.09. The number of hydrogen-bond acceptors (Lipinski definition) is 4. The quantitative estimate of drug-likeness (QED) is 0.460. The predicted octanol–water partition coefficient (Wildman–Crippen LogP) is 3.91. The molecule has 1 atom stereocenters. The van der Waals surface area contributed by atoms with Crippen molar-refractivity contribution in [3.8, 4) is 0 Å². The number of thioether (sulfide) groups is 1. The van der Waals surface area contributed by atoms with Gasteiger partial charge in [-0.3, -0.25) is 4.57 Å². The van der Waals surface area contributed by atoms with E-state index in [1.54, 1.807) is 0 Å². The molecular weight excluding hydrogens is 231 g/mol. The first-order chi connectivity index (χ1) is 7.14. The molecule has 3 nitrogen and oxygen atoms in total. The van der Waals surface area contributed by atoms with Crippen LogP contribution in [0.2, 0.25) is 0 Å². The minimum Gasteiger partial charge on any atom is -0.308 e. The molecule has 0 heterocycles. The first-order valence-electron chi connectivity index (χ1n) is 5.17. The molecule has 1 unspecified atom stereocenters. The van der Waals surface area contributed by atoms with E-state index in [1.807, 2.05) is 26.2 Å². The smallest absolute Gasteiger partial charge is 0.308 e. The predicted molar refractivity (Wildman–Crippen MR) is 67.6 cm³/mol. The van der Waals surface area contributed by atoms with E-state index in [1.165, 1.54) is 11.8 Å². The van der Waals surface area contributed by atoms with Gasteiger partial charge in [-0.05, 0) is 32.9 Å². The summed E-state index contributed by atoms with van der Waals surface area (Å²) in [6, 6.07) is 0. The van der Waals surface area contributed by atoms with Gasteiger partial charge in [0.25, 0.3) is 0 Å². The molecule has 0 N–H and O–H groups in total. The van der Waals surface area contributed by atoms with Crippen LogP contribution in [0.15, 0.2) is 12.7 Å². The van der Waals surface area contributed by atoms with Crippen LogP contribution in [-0.2, 0) is 13.6 Å². The highest BCUT2D eigenvalue weighted by atomic mass is 32.2. The molecule has 0 radical (unpaired) electrons. The molecule has 90 valence electrons. The van der Waals surface area contributed by atoms with Crippen LogP contribution in [0.1, 0.15) is 26.7 Å². The van der Waals surface area contributed by atoms with Crippen LogP contribution < -0.4 is 0 Å². The Bertz CT molecular complexity index is 211. The van der Waals surface area contributed by atoms with Gasteiger partial charge in [0, 0.05) is 0 Å². The molecule has 0 aromatic rings. The maximum Gasteiger partial charge on any atom is 0.343 e. The molecule has 0 aliphatic rings. The number of allylic oxidation sites excluding steroid dienone is 1. The standard InChI is InChI=1S/C10H21O3PS/c1-5-8-9-10(15-4)14(11,12-6-2)13-7-3/h5,10H,1,6-9H2,2-4H3. The molecule has 0 aromatic heterocycles.